The smallest absolute Gasteiger partial charge is 0.251 e. The van der Waals surface area contributed by atoms with Crippen molar-refractivity contribution in [2.75, 3.05) is 23.4 Å². The number of aromatic nitrogens is 1. The number of carbonyl (C=O) groups excluding carboxylic acids is 2. The summed E-state index contributed by atoms with van der Waals surface area (Å²) in [6.45, 7) is 6.92. The fourth-order valence-electron chi connectivity index (χ4n) is 5.08. The molecule has 2 aromatic rings. The number of fused-ring (bicyclic) bond motifs is 1. The highest BCUT2D eigenvalue weighted by Crippen LogP contribution is 2.50. The molecule has 3 heterocycles. The van der Waals surface area contributed by atoms with Crippen LogP contribution in [0.4, 0.5) is 11.5 Å². The van der Waals surface area contributed by atoms with Crippen LogP contribution in [0.1, 0.15) is 54.3 Å². The lowest BCUT2D eigenvalue weighted by Gasteiger charge is -2.46. The quantitative estimate of drug-likeness (QED) is 0.753. The summed E-state index contributed by atoms with van der Waals surface area (Å²) < 4.78 is 5.17. The lowest BCUT2D eigenvalue weighted by Crippen LogP contribution is -2.51. The van der Waals surface area contributed by atoms with Crippen LogP contribution < -0.4 is 15.5 Å². The van der Waals surface area contributed by atoms with Gasteiger partial charge in [0.1, 0.15) is 5.82 Å². The Balaban J connectivity index is 1.55. The van der Waals surface area contributed by atoms with E-state index in [0.717, 1.165) is 35.6 Å². The molecule has 2 fully saturated rings. The van der Waals surface area contributed by atoms with Crippen molar-refractivity contribution in [1.29, 1.82) is 0 Å². The molecule has 7 heteroatoms. The molecule has 0 bridgehead atoms. The summed E-state index contributed by atoms with van der Waals surface area (Å²) in [7, 11) is 0. The number of amides is 2. The highest BCUT2D eigenvalue weighted by molar-refractivity contribution is 5.98. The van der Waals surface area contributed by atoms with Crippen LogP contribution in [0.25, 0.3) is 0 Å². The molecule has 7 nitrogen and oxygen atoms in total. The summed E-state index contributed by atoms with van der Waals surface area (Å²) in [6, 6.07) is 11.8. The molecule has 168 valence electrons. The molecule has 0 spiro atoms. The van der Waals surface area contributed by atoms with E-state index in [4.69, 9.17) is 4.74 Å². The van der Waals surface area contributed by atoms with Crippen molar-refractivity contribution >= 4 is 23.3 Å². The van der Waals surface area contributed by atoms with Gasteiger partial charge in [-0.1, -0.05) is 13.0 Å². The van der Waals surface area contributed by atoms with Crippen molar-refractivity contribution in [2.24, 2.45) is 11.8 Å². The number of benzene rings is 1. The number of hydrogen-bond acceptors (Lipinski definition) is 5. The van der Waals surface area contributed by atoms with Crippen molar-refractivity contribution in [3.8, 4) is 0 Å². The number of aryl methyl sites for hydroxylation is 1. The number of ether oxygens (including phenoxy) is 1. The van der Waals surface area contributed by atoms with Gasteiger partial charge in [-0.3, -0.25) is 9.59 Å². The average molecular weight is 435 g/mol. The van der Waals surface area contributed by atoms with Crippen LogP contribution in [0.2, 0.25) is 0 Å². The molecular weight excluding hydrogens is 404 g/mol. The third-order valence-electron chi connectivity index (χ3n) is 6.86. The Bertz CT molecular complexity index is 1050. The Hall–Kier alpha value is -2.93. The summed E-state index contributed by atoms with van der Waals surface area (Å²) in [5.74, 6) is 1.42. The van der Waals surface area contributed by atoms with Gasteiger partial charge in [0.2, 0.25) is 5.91 Å². The highest BCUT2D eigenvalue weighted by Gasteiger charge is 2.47. The van der Waals surface area contributed by atoms with Gasteiger partial charge in [0.15, 0.2) is 0 Å². The van der Waals surface area contributed by atoms with Crippen LogP contribution in [0.5, 0.6) is 0 Å². The summed E-state index contributed by atoms with van der Waals surface area (Å²) in [4.78, 5) is 32.2. The van der Waals surface area contributed by atoms with E-state index < -0.39 is 0 Å². The minimum Gasteiger partial charge on any atom is -0.377 e. The first-order chi connectivity index (χ1) is 15.4. The van der Waals surface area contributed by atoms with E-state index in [-0.39, 0.29) is 35.9 Å². The third kappa shape index (κ3) is 3.86. The van der Waals surface area contributed by atoms with Crippen LogP contribution in [0.15, 0.2) is 36.4 Å². The van der Waals surface area contributed by atoms with E-state index in [1.165, 1.54) is 0 Å². The van der Waals surface area contributed by atoms with E-state index in [0.29, 0.717) is 24.7 Å². The maximum atomic E-state index is 12.8. The molecular formula is C25H30N4O3. The predicted molar refractivity (Wildman–Crippen MR) is 123 cm³/mol. The fourth-order valence-corrected chi connectivity index (χ4v) is 5.08. The highest BCUT2D eigenvalue weighted by atomic mass is 16.5. The van der Waals surface area contributed by atoms with Gasteiger partial charge < -0.3 is 20.3 Å². The molecule has 1 saturated carbocycles. The first kappa shape index (κ1) is 20.9. The zero-order chi connectivity index (χ0) is 22.4. The Morgan fingerprint density at radius 3 is 2.56 bits per heavy atom. The van der Waals surface area contributed by atoms with Gasteiger partial charge in [0.25, 0.3) is 5.91 Å². The molecule has 1 aromatic heterocycles. The number of carbonyl (C=O) groups is 2. The molecule has 2 N–H and O–H groups in total. The second kappa shape index (κ2) is 8.20. The molecule has 2 aliphatic heterocycles. The van der Waals surface area contributed by atoms with Gasteiger partial charge in [-0.2, -0.15) is 0 Å². The Kier molecular flexibility index (Phi) is 5.37. The maximum Gasteiger partial charge on any atom is 0.251 e. The molecule has 5 rings (SSSR count). The largest absolute Gasteiger partial charge is 0.377 e. The summed E-state index contributed by atoms with van der Waals surface area (Å²) in [5.41, 5.74) is 3.39. The first-order valence-corrected chi connectivity index (χ1v) is 11.4. The van der Waals surface area contributed by atoms with E-state index >= 15 is 0 Å². The van der Waals surface area contributed by atoms with Gasteiger partial charge >= 0.3 is 0 Å². The van der Waals surface area contributed by atoms with E-state index in [1.54, 1.807) is 6.92 Å². The molecule has 1 aromatic carbocycles. The third-order valence-corrected chi connectivity index (χ3v) is 6.86. The number of rotatable bonds is 5. The van der Waals surface area contributed by atoms with E-state index in [2.05, 4.69) is 22.5 Å². The van der Waals surface area contributed by atoms with Crippen LogP contribution in [-0.2, 0) is 9.53 Å². The summed E-state index contributed by atoms with van der Waals surface area (Å²) >= 11 is 0. The summed E-state index contributed by atoms with van der Waals surface area (Å²) in [5, 5.41) is 6.64. The number of anilines is 2. The van der Waals surface area contributed by atoms with Crippen molar-refractivity contribution in [3.63, 3.8) is 0 Å². The second-order valence-corrected chi connectivity index (χ2v) is 9.34. The van der Waals surface area contributed by atoms with Crippen molar-refractivity contribution < 1.29 is 14.3 Å². The zero-order valence-corrected chi connectivity index (χ0v) is 18.8. The average Bonchev–Trinajstić information content (AvgIpc) is 3.56. The molecule has 0 radical (unpaired) electrons. The topological polar surface area (TPSA) is 83.6 Å². The van der Waals surface area contributed by atoms with Gasteiger partial charge in [-0.25, -0.2) is 4.98 Å². The van der Waals surface area contributed by atoms with Gasteiger partial charge in [0.05, 0.1) is 25.3 Å². The number of nitrogens with one attached hydrogen (secondary N) is 2. The predicted octanol–water partition coefficient (Wildman–Crippen LogP) is 3.45. The van der Waals surface area contributed by atoms with E-state index in [1.807, 2.05) is 48.2 Å². The minimum absolute atomic E-state index is 0.0472. The Labute approximate surface area is 188 Å². The number of nitrogens with zero attached hydrogens (tertiary/aromatic N) is 2. The van der Waals surface area contributed by atoms with Crippen molar-refractivity contribution in [3.05, 3.63) is 53.2 Å². The van der Waals surface area contributed by atoms with Crippen LogP contribution in [-0.4, -0.2) is 42.1 Å². The van der Waals surface area contributed by atoms with Crippen LogP contribution >= 0.6 is 0 Å². The lowest BCUT2D eigenvalue weighted by atomic mass is 9.79. The normalized spacial score (nSPS) is 25.0. The van der Waals surface area contributed by atoms with Crippen LogP contribution in [0, 0.1) is 18.8 Å². The van der Waals surface area contributed by atoms with Crippen molar-refractivity contribution in [1.82, 2.24) is 10.3 Å². The molecule has 1 aliphatic carbocycles. The fraction of sp³-hybridized carbons (Fsp3) is 0.480. The molecule has 3 atom stereocenters. The first-order valence-electron chi connectivity index (χ1n) is 11.4. The summed E-state index contributed by atoms with van der Waals surface area (Å²) in [6.07, 6.45) is 2.29. The lowest BCUT2D eigenvalue weighted by molar-refractivity contribution is -0.117. The maximum absolute atomic E-state index is 12.8. The van der Waals surface area contributed by atoms with E-state index in [9.17, 15) is 9.59 Å². The van der Waals surface area contributed by atoms with Gasteiger partial charge in [-0.15, -0.1) is 0 Å². The SMILES string of the molecule is CC(=O)N1c2ccc(C(=O)NC3COC3)cc2[C@H](Nc2cccc(C)n2)[C@@H](C)[C@@H]1C1CC1. The number of pyridine rings is 1. The molecule has 0 unspecified atom stereocenters. The second-order valence-electron chi connectivity index (χ2n) is 9.34. The molecule has 3 aliphatic rings. The van der Waals surface area contributed by atoms with Gasteiger partial charge in [-0.05, 0) is 61.6 Å². The Morgan fingerprint density at radius 1 is 1.16 bits per heavy atom. The molecule has 1 saturated heterocycles. The molecule has 32 heavy (non-hydrogen) atoms. The Morgan fingerprint density at radius 2 is 1.94 bits per heavy atom. The molecule has 2 amide bonds. The van der Waals surface area contributed by atoms with Crippen molar-refractivity contribution in [2.45, 2.75) is 51.7 Å². The zero-order valence-electron chi connectivity index (χ0n) is 18.8. The minimum atomic E-state index is -0.111. The number of hydrogen-bond donors (Lipinski definition) is 2. The monoisotopic (exact) mass is 434 g/mol. The van der Waals surface area contributed by atoms with Crippen LogP contribution in [0.3, 0.4) is 0 Å². The standard InChI is InChI=1S/C25H30N4O3/c1-14-5-4-6-22(26-14)28-23-15(2)24(17-7-8-17)29(16(3)30)21-10-9-18(11-20(21)23)25(31)27-19-12-32-13-19/h4-6,9-11,15,17,19,23-24H,7-8,12-13H2,1-3H3,(H,26,28)(H,27,31)/t15-,23-,24-/m1/s1. The van der Waals surface area contributed by atoms with Gasteiger partial charge in [0, 0.05) is 35.8 Å².